The fraction of sp³-hybridized carbons (Fsp3) is 0.375. The minimum Gasteiger partial charge on any atom is -0.330 e. The lowest BCUT2D eigenvalue weighted by Crippen LogP contribution is -2.00. The standard InChI is InChI=1S/C8H11FN2/c9-8-4-3-7(6-11-8)2-1-5-10/h3-4,6H,1-2,5,10H2. The van der Waals surface area contributed by atoms with Crippen LogP contribution >= 0.6 is 0 Å². The third kappa shape index (κ3) is 2.63. The van der Waals surface area contributed by atoms with Gasteiger partial charge in [-0.2, -0.15) is 4.39 Å². The number of nitrogens with two attached hydrogens (primary N) is 1. The Morgan fingerprint density at radius 3 is 2.82 bits per heavy atom. The Kier molecular flexibility index (Phi) is 2.98. The van der Waals surface area contributed by atoms with E-state index in [0.29, 0.717) is 6.54 Å². The molecule has 0 aromatic carbocycles. The van der Waals surface area contributed by atoms with Crippen molar-refractivity contribution in [3.8, 4) is 0 Å². The summed E-state index contributed by atoms with van der Waals surface area (Å²) in [5.41, 5.74) is 6.35. The molecule has 1 heterocycles. The SMILES string of the molecule is NCCCc1ccc(F)nc1. The van der Waals surface area contributed by atoms with Crippen molar-refractivity contribution in [2.45, 2.75) is 12.8 Å². The molecule has 60 valence electrons. The fourth-order valence-corrected chi connectivity index (χ4v) is 0.861. The molecule has 0 saturated carbocycles. The van der Waals surface area contributed by atoms with Gasteiger partial charge in [-0.15, -0.1) is 0 Å². The molecule has 2 nitrogen and oxygen atoms in total. The van der Waals surface area contributed by atoms with Gasteiger partial charge in [0.05, 0.1) is 0 Å². The van der Waals surface area contributed by atoms with Gasteiger partial charge in [-0.05, 0) is 31.0 Å². The van der Waals surface area contributed by atoms with Crippen LogP contribution in [0.5, 0.6) is 0 Å². The van der Waals surface area contributed by atoms with Crippen LogP contribution in [0.2, 0.25) is 0 Å². The Balaban J connectivity index is 2.52. The summed E-state index contributed by atoms with van der Waals surface area (Å²) in [6, 6.07) is 3.10. The highest BCUT2D eigenvalue weighted by Crippen LogP contribution is 2.01. The predicted octanol–water partition coefficient (Wildman–Crippen LogP) is 1.11. The van der Waals surface area contributed by atoms with E-state index >= 15 is 0 Å². The lowest BCUT2D eigenvalue weighted by Gasteiger charge is -1.96. The van der Waals surface area contributed by atoms with E-state index in [2.05, 4.69) is 4.98 Å². The second kappa shape index (κ2) is 4.03. The Bertz CT molecular complexity index is 208. The monoisotopic (exact) mass is 154 g/mol. The van der Waals surface area contributed by atoms with E-state index in [1.807, 2.05) is 0 Å². The fourth-order valence-electron chi connectivity index (χ4n) is 0.861. The normalized spacial score (nSPS) is 10.0. The third-order valence-corrected chi connectivity index (χ3v) is 1.46. The number of halogens is 1. The maximum Gasteiger partial charge on any atom is 0.212 e. The summed E-state index contributed by atoms with van der Waals surface area (Å²) in [5.74, 6) is -0.429. The van der Waals surface area contributed by atoms with Gasteiger partial charge in [0.25, 0.3) is 0 Å². The van der Waals surface area contributed by atoms with Crippen LogP contribution in [0, 0.1) is 5.95 Å². The third-order valence-electron chi connectivity index (χ3n) is 1.46. The highest BCUT2D eigenvalue weighted by atomic mass is 19.1. The molecule has 0 fully saturated rings. The molecule has 0 atom stereocenters. The molecule has 1 aromatic heterocycles. The molecular weight excluding hydrogens is 143 g/mol. The van der Waals surface area contributed by atoms with E-state index in [1.165, 1.54) is 6.07 Å². The van der Waals surface area contributed by atoms with Crippen molar-refractivity contribution in [3.05, 3.63) is 29.8 Å². The van der Waals surface area contributed by atoms with Crippen LogP contribution in [-0.4, -0.2) is 11.5 Å². The van der Waals surface area contributed by atoms with Crippen LogP contribution in [0.15, 0.2) is 18.3 Å². The Hall–Kier alpha value is -0.960. The summed E-state index contributed by atoms with van der Waals surface area (Å²) in [6.45, 7) is 0.664. The number of nitrogens with zero attached hydrogens (tertiary/aromatic N) is 1. The molecule has 0 unspecified atom stereocenters. The lowest BCUT2D eigenvalue weighted by molar-refractivity contribution is 0.582. The summed E-state index contributed by atoms with van der Waals surface area (Å²) < 4.78 is 12.3. The molecule has 1 rings (SSSR count). The molecule has 0 spiro atoms. The highest BCUT2D eigenvalue weighted by molar-refractivity contribution is 5.09. The molecule has 0 aliphatic heterocycles. The van der Waals surface area contributed by atoms with Crippen molar-refractivity contribution >= 4 is 0 Å². The van der Waals surface area contributed by atoms with Crippen molar-refractivity contribution in [3.63, 3.8) is 0 Å². The summed E-state index contributed by atoms with van der Waals surface area (Å²) in [6.07, 6.45) is 3.35. The Labute approximate surface area is 65.3 Å². The van der Waals surface area contributed by atoms with E-state index < -0.39 is 5.95 Å². The van der Waals surface area contributed by atoms with Crippen molar-refractivity contribution in [2.24, 2.45) is 5.73 Å². The van der Waals surface area contributed by atoms with E-state index in [-0.39, 0.29) is 0 Å². The van der Waals surface area contributed by atoms with Crippen molar-refractivity contribution < 1.29 is 4.39 Å². The van der Waals surface area contributed by atoms with Crippen LogP contribution in [0.1, 0.15) is 12.0 Å². The Morgan fingerprint density at radius 2 is 2.27 bits per heavy atom. The first-order valence-electron chi connectivity index (χ1n) is 3.63. The molecule has 0 aliphatic rings. The van der Waals surface area contributed by atoms with Gasteiger partial charge in [0, 0.05) is 6.20 Å². The summed E-state index contributed by atoms with van der Waals surface area (Å²) in [7, 11) is 0. The van der Waals surface area contributed by atoms with Crippen molar-refractivity contribution in [1.82, 2.24) is 4.98 Å². The van der Waals surface area contributed by atoms with E-state index in [9.17, 15) is 4.39 Å². The number of hydrogen-bond donors (Lipinski definition) is 1. The molecule has 3 heteroatoms. The first-order chi connectivity index (χ1) is 5.33. The maximum atomic E-state index is 12.3. The van der Waals surface area contributed by atoms with Crippen molar-refractivity contribution in [2.75, 3.05) is 6.54 Å². The second-order valence-electron chi connectivity index (χ2n) is 2.38. The molecule has 1 aromatic rings. The van der Waals surface area contributed by atoms with Crippen LogP contribution < -0.4 is 5.73 Å². The molecule has 2 N–H and O–H groups in total. The quantitative estimate of drug-likeness (QED) is 0.662. The summed E-state index contributed by atoms with van der Waals surface area (Å²) >= 11 is 0. The van der Waals surface area contributed by atoms with Gasteiger partial charge in [0.15, 0.2) is 0 Å². The van der Waals surface area contributed by atoms with E-state index in [0.717, 1.165) is 18.4 Å². The lowest BCUT2D eigenvalue weighted by atomic mass is 10.2. The molecular formula is C8H11FN2. The van der Waals surface area contributed by atoms with Gasteiger partial charge in [0.1, 0.15) is 0 Å². The van der Waals surface area contributed by atoms with E-state index in [4.69, 9.17) is 5.73 Å². The van der Waals surface area contributed by atoms with Gasteiger partial charge in [0.2, 0.25) is 5.95 Å². The molecule has 0 bridgehead atoms. The van der Waals surface area contributed by atoms with Crippen LogP contribution in [0.4, 0.5) is 4.39 Å². The number of rotatable bonds is 3. The average molecular weight is 154 g/mol. The van der Waals surface area contributed by atoms with Gasteiger partial charge in [-0.25, -0.2) is 4.98 Å². The smallest absolute Gasteiger partial charge is 0.212 e. The molecule has 0 aliphatic carbocycles. The summed E-state index contributed by atoms with van der Waals surface area (Å²) in [5, 5.41) is 0. The summed E-state index contributed by atoms with van der Waals surface area (Å²) in [4.78, 5) is 3.52. The molecule has 0 radical (unpaired) electrons. The predicted molar refractivity (Wildman–Crippen MR) is 41.6 cm³/mol. The Morgan fingerprint density at radius 1 is 1.45 bits per heavy atom. The number of aromatic nitrogens is 1. The minimum atomic E-state index is -0.429. The number of aryl methyl sites for hydroxylation is 1. The first kappa shape index (κ1) is 8.14. The molecule has 0 amide bonds. The van der Waals surface area contributed by atoms with Crippen molar-refractivity contribution in [1.29, 1.82) is 0 Å². The maximum absolute atomic E-state index is 12.3. The van der Waals surface area contributed by atoms with Gasteiger partial charge >= 0.3 is 0 Å². The topological polar surface area (TPSA) is 38.9 Å². The van der Waals surface area contributed by atoms with Gasteiger partial charge in [-0.1, -0.05) is 6.07 Å². The van der Waals surface area contributed by atoms with Crippen LogP contribution in [0.25, 0.3) is 0 Å². The number of pyridine rings is 1. The average Bonchev–Trinajstić information content (AvgIpc) is 2.04. The second-order valence-corrected chi connectivity index (χ2v) is 2.38. The largest absolute Gasteiger partial charge is 0.330 e. The zero-order chi connectivity index (χ0) is 8.10. The zero-order valence-corrected chi connectivity index (χ0v) is 6.26. The zero-order valence-electron chi connectivity index (χ0n) is 6.26. The highest BCUT2D eigenvalue weighted by Gasteiger charge is 1.93. The molecule has 11 heavy (non-hydrogen) atoms. The number of hydrogen-bond acceptors (Lipinski definition) is 2. The first-order valence-corrected chi connectivity index (χ1v) is 3.63. The molecule has 0 saturated heterocycles. The van der Waals surface area contributed by atoms with Gasteiger partial charge in [-0.3, -0.25) is 0 Å². The van der Waals surface area contributed by atoms with Crippen LogP contribution in [-0.2, 0) is 6.42 Å². The van der Waals surface area contributed by atoms with Crippen LogP contribution in [0.3, 0.4) is 0 Å². The van der Waals surface area contributed by atoms with Gasteiger partial charge < -0.3 is 5.73 Å². The van der Waals surface area contributed by atoms with E-state index in [1.54, 1.807) is 12.3 Å². The minimum absolute atomic E-state index is 0.429.